The number of guanidine groups is 1. The van der Waals surface area contributed by atoms with Gasteiger partial charge >= 0.3 is 0 Å². The topological polar surface area (TPSA) is 240 Å². The Balaban J connectivity index is 0.00000331. The van der Waals surface area contributed by atoms with Crippen LogP contribution in [0.15, 0.2) is 29.3 Å². The summed E-state index contributed by atoms with van der Waals surface area (Å²) < 4.78 is 0.856. The number of hydrogen-bond acceptors (Lipinski definition) is 10. The lowest BCUT2D eigenvalue weighted by molar-refractivity contribution is -0.130. The zero-order valence-corrected chi connectivity index (χ0v) is 26.5. The largest absolute Gasteiger partial charge is 0.400 e. The number of ketones is 1. The Labute approximate surface area is 257 Å². The van der Waals surface area contributed by atoms with Crippen molar-refractivity contribution >= 4 is 51.0 Å². The van der Waals surface area contributed by atoms with Gasteiger partial charge in [0.15, 0.2) is 11.0 Å². The van der Waals surface area contributed by atoms with Gasteiger partial charge in [0.25, 0.3) is 0 Å². The van der Waals surface area contributed by atoms with E-state index in [-0.39, 0.29) is 48.7 Å². The smallest absolute Gasteiger partial charge is 0.243 e. The van der Waals surface area contributed by atoms with Crippen molar-refractivity contribution in [3.8, 4) is 0 Å². The molecule has 0 aliphatic heterocycles. The molecule has 43 heavy (non-hydrogen) atoms. The SMILES string of the molecule is CCC.CNCC(=O)NC(CCCCN)C(=O)NCC(=O)NC(CCCN=C(N)N)C(=O)c1nc2ccccc2s1.CO. The average Bonchev–Trinajstić information content (AvgIpc) is 3.42. The van der Waals surface area contributed by atoms with Crippen LogP contribution in [-0.2, 0) is 14.4 Å². The van der Waals surface area contributed by atoms with Gasteiger partial charge in [-0.15, -0.1) is 11.3 Å². The van der Waals surface area contributed by atoms with Gasteiger partial charge in [0.1, 0.15) is 6.04 Å². The summed E-state index contributed by atoms with van der Waals surface area (Å²) in [7, 11) is 2.62. The number of benzene rings is 1. The monoisotopic (exact) mass is 623 g/mol. The summed E-state index contributed by atoms with van der Waals surface area (Å²) in [6, 6.07) is 5.67. The number of aromatic nitrogens is 1. The van der Waals surface area contributed by atoms with E-state index in [1.54, 1.807) is 7.05 Å². The molecule has 2 unspecified atom stereocenters. The molecule has 15 heteroatoms. The number of nitrogens with zero attached hydrogens (tertiary/aromatic N) is 2. The minimum atomic E-state index is -0.884. The summed E-state index contributed by atoms with van der Waals surface area (Å²) in [5.74, 6) is -1.79. The zero-order valence-electron chi connectivity index (χ0n) is 25.7. The molecule has 1 aromatic heterocycles. The van der Waals surface area contributed by atoms with E-state index in [1.165, 1.54) is 17.8 Å². The molecule has 0 spiro atoms. The molecule has 2 rings (SSSR count). The number of nitrogens with two attached hydrogens (primary N) is 3. The molecule has 0 aliphatic carbocycles. The Hall–Kier alpha value is -3.66. The van der Waals surface area contributed by atoms with Gasteiger partial charge in [-0.05, 0) is 57.8 Å². The van der Waals surface area contributed by atoms with Gasteiger partial charge in [0, 0.05) is 13.7 Å². The Morgan fingerprint density at radius 3 is 2.16 bits per heavy atom. The van der Waals surface area contributed by atoms with Crippen LogP contribution in [0.5, 0.6) is 0 Å². The Morgan fingerprint density at radius 1 is 0.953 bits per heavy atom. The highest BCUT2D eigenvalue weighted by Crippen LogP contribution is 2.23. The average molecular weight is 624 g/mol. The lowest BCUT2D eigenvalue weighted by atomic mass is 10.1. The van der Waals surface area contributed by atoms with Crippen molar-refractivity contribution in [2.24, 2.45) is 22.2 Å². The van der Waals surface area contributed by atoms with Gasteiger partial charge in [-0.25, -0.2) is 4.98 Å². The number of aliphatic imine (C=N–C) groups is 1. The predicted octanol–water partition coefficient (Wildman–Crippen LogP) is -0.00840. The minimum absolute atomic E-state index is 0.0521. The van der Waals surface area contributed by atoms with Gasteiger partial charge in [0.05, 0.1) is 29.3 Å². The van der Waals surface area contributed by atoms with E-state index in [9.17, 15) is 19.2 Å². The molecule has 2 aromatic rings. The van der Waals surface area contributed by atoms with E-state index in [0.717, 1.165) is 11.8 Å². The standard InChI is InChI=1S/C24H37N9O4S.C3H8.CH4O/c1-28-13-19(34)32-17(8-4-5-11-25)22(37)30-14-20(35)31-16(9-6-12-29-24(26)27)21(36)23-33-15-7-2-3-10-18(15)38-23;1-3-2;1-2/h2-3,7,10,16-17,28H,4-6,8-9,11-14,25H2,1H3,(H,30,37)(H,31,35)(H,32,34)(H4,26,27,29);3H2,1-2H3;2H,1H3. The summed E-state index contributed by atoms with van der Waals surface area (Å²) in [5, 5.41) is 17.9. The molecule has 0 radical (unpaired) electrons. The van der Waals surface area contributed by atoms with E-state index in [4.69, 9.17) is 22.3 Å². The highest BCUT2D eigenvalue weighted by Gasteiger charge is 2.26. The van der Waals surface area contributed by atoms with Crippen molar-refractivity contribution in [1.29, 1.82) is 0 Å². The summed E-state index contributed by atoms with van der Waals surface area (Å²) in [6.07, 6.45) is 3.67. The maximum Gasteiger partial charge on any atom is 0.243 e. The van der Waals surface area contributed by atoms with Crippen LogP contribution in [0.1, 0.15) is 62.2 Å². The number of aliphatic hydroxyl groups excluding tert-OH is 1. The molecule has 0 bridgehead atoms. The molecule has 1 aromatic carbocycles. The van der Waals surface area contributed by atoms with Gasteiger partial charge in [-0.1, -0.05) is 32.4 Å². The fraction of sp³-hybridized carbons (Fsp3) is 0.571. The lowest BCUT2D eigenvalue weighted by Crippen LogP contribution is -2.51. The van der Waals surface area contributed by atoms with Gasteiger partial charge in [0.2, 0.25) is 23.5 Å². The molecule has 2 atom stereocenters. The van der Waals surface area contributed by atoms with Gasteiger partial charge < -0.3 is 43.6 Å². The Kier molecular flexibility index (Phi) is 21.8. The number of thiazole rings is 1. The van der Waals surface area contributed by atoms with E-state index >= 15 is 0 Å². The molecule has 14 nitrogen and oxygen atoms in total. The molecular weight excluding hydrogens is 574 g/mol. The summed E-state index contributed by atoms with van der Waals surface area (Å²) in [4.78, 5) is 59.0. The van der Waals surface area contributed by atoms with E-state index in [2.05, 4.69) is 45.1 Å². The highest BCUT2D eigenvalue weighted by molar-refractivity contribution is 7.20. The number of para-hydroxylation sites is 1. The number of Topliss-reactive ketones (excluding diaryl/α,β-unsaturated/α-hetero) is 1. The van der Waals surface area contributed by atoms with Crippen LogP contribution in [0.25, 0.3) is 10.2 Å². The Morgan fingerprint density at radius 2 is 1.56 bits per heavy atom. The van der Waals surface area contributed by atoms with Crippen LogP contribution in [0, 0.1) is 0 Å². The molecule has 11 N–H and O–H groups in total. The number of hydrogen-bond donors (Lipinski definition) is 8. The van der Waals surface area contributed by atoms with Crippen LogP contribution in [0.3, 0.4) is 0 Å². The highest BCUT2D eigenvalue weighted by atomic mass is 32.1. The molecular formula is C28H49N9O5S. The van der Waals surface area contributed by atoms with Gasteiger partial charge in [-0.3, -0.25) is 24.2 Å². The fourth-order valence-corrected chi connectivity index (χ4v) is 4.56. The van der Waals surface area contributed by atoms with Crippen molar-refractivity contribution in [2.45, 2.75) is 64.5 Å². The number of rotatable bonds is 17. The second-order valence-electron chi connectivity index (χ2n) is 9.28. The Bertz CT molecular complexity index is 1110. The summed E-state index contributed by atoms with van der Waals surface area (Å²) >= 11 is 1.24. The number of amides is 3. The van der Waals surface area contributed by atoms with Crippen LogP contribution >= 0.6 is 11.3 Å². The first-order valence-corrected chi connectivity index (χ1v) is 15.1. The number of likely N-dealkylation sites (N-methyl/N-ethyl adjacent to an activating group) is 1. The van der Waals surface area contributed by atoms with Crippen molar-refractivity contribution in [3.05, 3.63) is 29.3 Å². The van der Waals surface area contributed by atoms with Crippen LogP contribution in [0.4, 0.5) is 0 Å². The summed E-state index contributed by atoms with van der Waals surface area (Å²) in [6.45, 7) is 4.69. The summed E-state index contributed by atoms with van der Waals surface area (Å²) in [5.41, 5.74) is 17.0. The second kappa shape index (κ2) is 23.9. The van der Waals surface area contributed by atoms with Crippen LogP contribution in [-0.4, -0.2) is 92.0 Å². The van der Waals surface area contributed by atoms with E-state index < -0.39 is 23.9 Å². The number of aliphatic hydroxyl groups is 1. The van der Waals surface area contributed by atoms with E-state index in [0.29, 0.717) is 37.7 Å². The van der Waals surface area contributed by atoms with Crippen LogP contribution in [0.2, 0.25) is 0 Å². The number of carbonyl (C=O) groups is 4. The third-order valence-corrected chi connectivity index (χ3v) is 6.51. The van der Waals surface area contributed by atoms with Crippen molar-refractivity contribution in [1.82, 2.24) is 26.3 Å². The molecule has 0 fully saturated rings. The second-order valence-corrected chi connectivity index (χ2v) is 10.3. The zero-order chi connectivity index (χ0) is 32.6. The fourth-order valence-electron chi connectivity index (χ4n) is 3.60. The third kappa shape index (κ3) is 16.5. The molecule has 3 amide bonds. The number of nitrogens with one attached hydrogen (secondary N) is 4. The lowest BCUT2D eigenvalue weighted by Gasteiger charge is -2.20. The van der Waals surface area contributed by atoms with Gasteiger partial charge in [-0.2, -0.15) is 0 Å². The van der Waals surface area contributed by atoms with Crippen LogP contribution < -0.4 is 38.5 Å². The maximum atomic E-state index is 13.3. The molecule has 1 heterocycles. The predicted molar refractivity (Wildman–Crippen MR) is 172 cm³/mol. The molecule has 0 saturated carbocycles. The first-order chi connectivity index (χ1) is 20.7. The number of fused-ring (bicyclic) bond motifs is 1. The normalized spacial score (nSPS) is 11.5. The van der Waals surface area contributed by atoms with Crippen molar-refractivity contribution in [3.63, 3.8) is 0 Å². The van der Waals surface area contributed by atoms with Crippen molar-refractivity contribution in [2.75, 3.05) is 40.3 Å². The molecule has 0 saturated heterocycles. The third-order valence-electron chi connectivity index (χ3n) is 5.46. The molecule has 242 valence electrons. The molecule has 0 aliphatic rings. The first-order valence-electron chi connectivity index (χ1n) is 14.3. The quantitative estimate of drug-likeness (QED) is 0.0507. The van der Waals surface area contributed by atoms with Crippen molar-refractivity contribution < 1.29 is 24.3 Å². The number of carbonyl (C=O) groups excluding carboxylic acids is 4. The number of unbranched alkanes of at least 4 members (excludes halogenated alkanes) is 1. The maximum absolute atomic E-state index is 13.3. The van der Waals surface area contributed by atoms with E-state index in [1.807, 2.05) is 24.3 Å². The first kappa shape index (κ1) is 39.3. The minimum Gasteiger partial charge on any atom is -0.400 e.